The van der Waals surface area contributed by atoms with Gasteiger partial charge in [0, 0.05) is 6.08 Å². The summed E-state index contributed by atoms with van der Waals surface area (Å²) in [6.45, 7) is 1.78. The van der Waals surface area contributed by atoms with Crippen LogP contribution in [-0.2, 0) is 9.53 Å². The van der Waals surface area contributed by atoms with Crippen molar-refractivity contribution in [2.24, 2.45) is 0 Å². The molecule has 1 aromatic rings. The summed E-state index contributed by atoms with van der Waals surface area (Å²) in [5, 5.41) is 9.99. The molecule has 3 heteroatoms. The molecule has 0 radical (unpaired) electrons. The van der Waals surface area contributed by atoms with Gasteiger partial charge in [0.25, 0.3) is 0 Å². The van der Waals surface area contributed by atoms with Crippen molar-refractivity contribution in [1.82, 2.24) is 0 Å². The third-order valence-corrected chi connectivity index (χ3v) is 2.47. The molecule has 1 aliphatic rings. The standard InChI is InChI=1S/C12H12O3/c1-8-7-10(13)15-12(8)11(14)9-5-3-2-4-6-9/h2-7,11-12,14H,1H3/t11-,12-/m1/s1. The van der Waals surface area contributed by atoms with E-state index >= 15 is 0 Å². The number of benzene rings is 1. The van der Waals surface area contributed by atoms with E-state index in [9.17, 15) is 9.90 Å². The van der Waals surface area contributed by atoms with Crippen LogP contribution in [0.1, 0.15) is 18.6 Å². The number of ether oxygens (including phenoxy) is 1. The van der Waals surface area contributed by atoms with Crippen LogP contribution in [0.25, 0.3) is 0 Å². The van der Waals surface area contributed by atoms with Crippen LogP contribution < -0.4 is 0 Å². The van der Waals surface area contributed by atoms with Crippen molar-refractivity contribution < 1.29 is 14.6 Å². The molecule has 0 saturated heterocycles. The first-order chi connectivity index (χ1) is 7.18. The fourth-order valence-electron chi connectivity index (χ4n) is 1.66. The summed E-state index contributed by atoms with van der Waals surface area (Å²) in [4.78, 5) is 11.0. The lowest BCUT2D eigenvalue weighted by atomic mass is 10.0. The smallest absolute Gasteiger partial charge is 0.331 e. The van der Waals surface area contributed by atoms with Gasteiger partial charge in [0.1, 0.15) is 6.10 Å². The molecular weight excluding hydrogens is 192 g/mol. The fourth-order valence-corrected chi connectivity index (χ4v) is 1.66. The van der Waals surface area contributed by atoms with E-state index in [0.29, 0.717) is 0 Å². The van der Waals surface area contributed by atoms with Crippen molar-refractivity contribution in [1.29, 1.82) is 0 Å². The van der Waals surface area contributed by atoms with Gasteiger partial charge in [0.2, 0.25) is 0 Å². The van der Waals surface area contributed by atoms with E-state index in [0.717, 1.165) is 11.1 Å². The molecule has 0 aliphatic carbocycles. The van der Waals surface area contributed by atoms with Crippen molar-refractivity contribution >= 4 is 5.97 Å². The minimum absolute atomic E-state index is 0.382. The zero-order valence-electron chi connectivity index (χ0n) is 8.38. The van der Waals surface area contributed by atoms with Gasteiger partial charge in [-0.3, -0.25) is 0 Å². The molecule has 1 aliphatic heterocycles. The molecule has 0 amide bonds. The lowest BCUT2D eigenvalue weighted by molar-refractivity contribution is -0.143. The number of hydrogen-bond donors (Lipinski definition) is 1. The maximum absolute atomic E-state index is 11.0. The normalized spacial score (nSPS) is 22.1. The topological polar surface area (TPSA) is 46.5 Å². The first kappa shape index (κ1) is 9.93. The number of hydrogen-bond acceptors (Lipinski definition) is 3. The Labute approximate surface area is 88.0 Å². The van der Waals surface area contributed by atoms with Gasteiger partial charge in [0.15, 0.2) is 6.10 Å². The Balaban J connectivity index is 2.20. The number of carbonyl (C=O) groups excluding carboxylic acids is 1. The Morgan fingerprint density at radius 2 is 2.00 bits per heavy atom. The van der Waals surface area contributed by atoms with Crippen LogP contribution in [0, 0.1) is 0 Å². The highest BCUT2D eigenvalue weighted by Crippen LogP contribution is 2.27. The van der Waals surface area contributed by atoms with E-state index in [4.69, 9.17) is 4.74 Å². The van der Waals surface area contributed by atoms with E-state index in [1.807, 2.05) is 30.3 Å². The van der Waals surface area contributed by atoms with Crippen LogP contribution in [0.4, 0.5) is 0 Å². The summed E-state index contributed by atoms with van der Waals surface area (Å²) in [7, 11) is 0. The second-order valence-electron chi connectivity index (χ2n) is 3.60. The van der Waals surface area contributed by atoms with Crippen LogP contribution in [0.15, 0.2) is 42.0 Å². The summed E-state index contributed by atoms with van der Waals surface area (Å²) in [5.74, 6) is -0.382. The van der Waals surface area contributed by atoms with Gasteiger partial charge in [0.05, 0.1) is 0 Å². The molecular formula is C12H12O3. The van der Waals surface area contributed by atoms with Crippen molar-refractivity contribution in [2.45, 2.75) is 19.1 Å². The van der Waals surface area contributed by atoms with Crippen molar-refractivity contribution in [3.05, 3.63) is 47.5 Å². The molecule has 0 saturated carbocycles. The second kappa shape index (κ2) is 3.87. The first-order valence-corrected chi connectivity index (χ1v) is 4.80. The van der Waals surface area contributed by atoms with Gasteiger partial charge in [-0.25, -0.2) is 4.79 Å². The van der Waals surface area contributed by atoms with Crippen LogP contribution in [0.2, 0.25) is 0 Å². The molecule has 78 valence electrons. The highest BCUT2D eigenvalue weighted by molar-refractivity contribution is 5.85. The van der Waals surface area contributed by atoms with Gasteiger partial charge in [-0.05, 0) is 18.1 Å². The van der Waals surface area contributed by atoms with Crippen LogP contribution in [-0.4, -0.2) is 17.2 Å². The Bertz CT molecular complexity index is 395. The zero-order valence-corrected chi connectivity index (χ0v) is 8.38. The maximum Gasteiger partial charge on any atom is 0.331 e. The van der Waals surface area contributed by atoms with E-state index in [1.165, 1.54) is 6.08 Å². The molecule has 0 spiro atoms. The monoisotopic (exact) mass is 204 g/mol. The van der Waals surface area contributed by atoms with Crippen LogP contribution >= 0.6 is 0 Å². The summed E-state index contributed by atoms with van der Waals surface area (Å²) < 4.78 is 5.01. The van der Waals surface area contributed by atoms with E-state index in [1.54, 1.807) is 6.92 Å². The molecule has 1 heterocycles. The number of rotatable bonds is 2. The van der Waals surface area contributed by atoms with Gasteiger partial charge >= 0.3 is 5.97 Å². The largest absolute Gasteiger partial charge is 0.452 e. The van der Waals surface area contributed by atoms with Gasteiger partial charge in [-0.1, -0.05) is 30.3 Å². The maximum atomic E-state index is 11.0. The van der Waals surface area contributed by atoms with Crippen LogP contribution in [0.5, 0.6) is 0 Å². The quantitative estimate of drug-likeness (QED) is 0.744. The number of esters is 1. The highest BCUT2D eigenvalue weighted by Gasteiger charge is 2.30. The number of cyclic esters (lactones) is 1. The SMILES string of the molecule is CC1=CC(=O)O[C@H]1[C@H](O)c1ccccc1. The molecule has 2 rings (SSSR count). The predicted molar refractivity (Wildman–Crippen MR) is 55.0 cm³/mol. The summed E-state index contributed by atoms with van der Waals surface area (Å²) >= 11 is 0. The summed E-state index contributed by atoms with van der Waals surface area (Å²) in [6, 6.07) is 9.18. The minimum atomic E-state index is -0.783. The summed E-state index contributed by atoms with van der Waals surface area (Å²) in [5.41, 5.74) is 1.52. The molecule has 1 N–H and O–H groups in total. The van der Waals surface area contributed by atoms with E-state index < -0.39 is 12.2 Å². The number of aliphatic hydroxyl groups is 1. The Hall–Kier alpha value is -1.61. The highest BCUT2D eigenvalue weighted by atomic mass is 16.6. The lowest BCUT2D eigenvalue weighted by Crippen LogP contribution is -2.20. The fraction of sp³-hybridized carbons (Fsp3) is 0.250. The van der Waals surface area contributed by atoms with E-state index in [2.05, 4.69) is 0 Å². The van der Waals surface area contributed by atoms with Gasteiger partial charge in [-0.2, -0.15) is 0 Å². The number of carbonyl (C=O) groups is 1. The third-order valence-electron chi connectivity index (χ3n) is 2.47. The van der Waals surface area contributed by atoms with Crippen molar-refractivity contribution in [3.8, 4) is 0 Å². The van der Waals surface area contributed by atoms with Crippen molar-refractivity contribution in [3.63, 3.8) is 0 Å². The molecule has 2 atom stereocenters. The molecule has 1 aromatic carbocycles. The Morgan fingerprint density at radius 1 is 1.33 bits per heavy atom. The predicted octanol–water partition coefficient (Wildman–Crippen LogP) is 1.59. The summed E-state index contributed by atoms with van der Waals surface area (Å²) in [6.07, 6.45) is 0.0883. The second-order valence-corrected chi connectivity index (χ2v) is 3.60. The first-order valence-electron chi connectivity index (χ1n) is 4.80. The van der Waals surface area contributed by atoms with Crippen LogP contribution in [0.3, 0.4) is 0 Å². The lowest BCUT2D eigenvalue weighted by Gasteiger charge is -2.19. The van der Waals surface area contributed by atoms with Gasteiger partial charge < -0.3 is 9.84 Å². The molecule has 0 fully saturated rings. The Kier molecular flexibility index (Phi) is 2.56. The minimum Gasteiger partial charge on any atom is -0.452 e. The average Bonchev–Trinajstić information content (AvgIpc) is 2.58. The third kappa shape index (κ3) is 1.92. The Morgan fingerprint density at radius 3 is 2.53 bits per heavy atom. The van der Waals surface area contributed by atoms with Gasteiger partial charge in [-0.15, -0.1) is 0 Å². The zero-order chi connectivity index (χ0) is 10.8. The molecule has 15 heavy (non-hydrogen) atoms. The molecule has 0 bridgehead atoms. The number of aliphatic hydroxyl groups excluding tert-OH is 1. The van der Waals surface area contributed by atoms with E-state index in [-0.39, 0.29) is 5.97 Å². The molecule has 0 unspecified atom stereocenters. The average molecular weight is 204 g/mol. The molecule has 0 aromatic heterocycles. The molecule has 3 nitrogen and oxygen atoms in total. The van der Waals surface area contributed by atoms with Crippen molar-refractivity contribution in [2.75, 3.05) is 0 Å².